The van der Waals surface area contributed by atoms with Gasteiger partial charge in [0.2, 0.25) is 0 Å². The van der Waals surface area contributed by atoms with Crippen LogP contribution in [0.2, 0.25) is 0 Å². The fourth-order valence-electron chi connectivity index (χ4n) is 3.48. The number of carbonyl (C=O) groups excluding carboxylic acids is 1. The zero-order valence-corrected chi connectivity index (χ0v) is 17.1. The minimum atomic E-state index is -0.906. The smallest absolute Gasteiger partial charge is 0.410 e. The van der Waals surface area contributed by atoms with E-state index in [1.807, 2.05) is 37.8 Å². The molecule has 1 aliphatic rings. The van der Waals surface area contributed by atoms with Gasteiger partial charge in [-0.15, -0.1) is 0 Å². The second-order valence-electron chi connectivity index (χ2n) is 8.65. The average Bonchev–Trinajstić information content (AvgIpc) is 2.53. The molecule has 0 bridgehead atoms. The Balaban J connectivity index is 2.11. The van der Waals surface area contributed by atoms with E-state index in [9.17, 15) is 14.7 Å². The first-order valence-electron chi connectivity index (χ1n) is 9.60. The van der Waals surface area contributed by atoms with E-state index < -0.39 is 11.6 Å². The first-order chi connectivity index (χ1) is 12.6. The van der Waals surface area contributed by atoms with Crippen LogP contribution in [0.4, 0.5) is 4.79 Å². The Hall–Kier alpha value is -2.08. The van der Waals surface area contributed by atoms with Gasteiger partial charge in [0.05, 0.1) is 5.56 Å². The maximum Gasteiger partial charge on any atom is 0.410 e. The van der Waals surface area contributed by atoms with Gasteiger partial charge in [0.1, 0.15) is 5.60 Å². The Morgan fingerprint density at radius 1 is 1.22 bits per heavy atom. The van der Waals surface area contributed by atoms with Crippen molar-refractivity contribution in [3.8, 4) is 0 Å². The summed E-state index contributed by atoms with van der Waals surface area (Å²) in [6, 6.07) is 7.17. The SMILES string of the molecule is CC(C)CC1CN(Cc2ccccc2C(=O)O)CCN1C(=O)OC(C)(C)C. The highest BCUT2D eigenvalue weighted by atomic mass is 16.6. The van der Waals surface area contributed by atoms with Crippen molar-refractivity contribution in [1.29, 1.82) is 0 Å². The predicted octanol–water partition coefficient (Wildman–Crippen LogP) is 3.85. The van der Waals surface area contributed by atoms with Gasteiger partial charge in [0, 0.05) is 32.2 Å². The molecule has 27 heavy (non-hydrogen) atoms. The monoisotopic (exact) mass is 376 g/mol. The molecule has 150 valence electrons. The normalized spacial score (nSPS) is 18.6. The van der Waals surface area contributed by atoms with E-state index in [2.05, 4.69) is 18.7 Å². The molecule has 1 unspecified atom stereocenters. The number of piperazine rings is 1. The molecular formula is C21H32N2O4. The number of amides is 1. The van der Waals surface area contributed by atoms with Crippen molar-refractivity contribution in [1.82, 2.24) is 9.80 Å². The topological polar surface area (TPSA) is 70.1 Å². The summed E-state index contributed by atoms with van der Waals surface area (Å²) in [4.78, 5) is 28.2. The van der Waals surface area contributed by atoms with Crippen molar-refractivity contribution in [2.45, 2.75) is 59.2 Å². The fraction of sp³-hybridized carbons (Fsp3) is 0.619. The van der Waals surface area contributed by atoms with Crippen molar-refractivity contribution in [2.24, 2.45) is 5.92 Å². The first-order valence-corrected chi connectivity index (χ1v) is 9.60. The quantitative estimate of drug-likeness (QED) is 0.845. The summed E-state index contributed by atoms with van der Waals surface area (Å²) >= 11 is 0. The molecule has 1 N–H and O–H groups in total. The molecule has 1 aliphatic heterocycles. The summed E-state index contributed by atoms with van der Waals surface area (Å²) in [5.74, 6) is -0.456. The van der Waals surface area contributed by atoms with E-state index in [4.69, 9.17) is 4.74 Å². The van der Waals surface area contributed by atoms with Gasteiger partial charge in [-0.25, -0.2) is 9.59 Å². The Kier molecular flexibility index (Phi) is 6.87. The van der Waals surface area contributed by atoms with Crippen LogP contribution in [-0.4, -0.2) is 58.2 Å². The van der Waals surface area contributed by atoms with Crippen LogP contribution in [0.5, 0.6) is 0 Å². The number of hydrogen-bond donors (Lipinski definition) is 1. The Morgan fingerprint density at radius 3 is 2.48 bits per heavy atom. The molecule has 1 amide bonds. The number of carboxylic acid groups (broad SMARTS) is 1. The predicted molar refractivity (Wildman–Crippen MR) is 105 cm³/mol. The van der Waals surface area contributed by atoms with Crippen LogP contribution in [0, 0.1) is 5.92 Å². The molecule has 1 atom stereocenters. The lowest BCUT2D eigenvalue weighted by atomic mass is 9.99. The summed E-state index contributed by atoms with van der Waals surface area (Å²) in [5.41, 5.74) is 0.628. The Morgan fingerprint density at radius 2 is 1.89 bits per heavy atom. The van der Waals surface area contributed by atoms with Crippen LogP contribution < -0.4 is 0 Å². The van der Waals surface area contributed by atoms with Crippen molar-refractivity contribution in [3.63, 3.8) is 0 Å². The van der Waals surface area contributed by atoms with Crippen molar-refractivity contribution in [2.75, 3.05) is 19.6 Å². The van der Waals surface area contributed by atoms with E-state index in [-0.39, 0.29) is 12.1 Å². The van der Waals surface area contributed by atoms with E-state index in [1.54, 1.807) is 12.1 Å². The number of carboxylic acids is 1. The number of carbonyl (C=O) groups is 2. The van der Waals surface area contributed by atoms with E-state index in [0.29, 0.717) is 37.7 Å². The van der Waals surface area contributed by atoms with Crippen LogP contribution >= 0.6 is 0 Å². The molecule has 1 heterocycles. The van der Waals surface area contributed by atoms with Gasteiger partial charge in [-0.3, -0.25) is 4.90 Å². The zero-order chi connectivity index (χ0) is 20.2. The van der Waals surface area contributed by atoms with Crippen LogP contribution in [0.25, 0.3) is 0 Å². The van der Waals surface area contributed by atoms with Crippen LogP contribution in [0.15, 0.2) is 24.3 Å². The minimum Gasteiger partial charge on any atom is -0.478 e. The molecule has 0 aliphatic carbocycles. The molecule has 2 rings (SSSR count). The lowest BCUT2D eigenvalue weighted by Crippen LogP contribution is -2.56. The largest absolute Gasteiger partial charge is 0.478 e. The van der Waals surface area contributed by atoms with Gasteiger partial charge in [0.25, 0.3) is 0 Å². The summed E-state index contributed by atoms with van der Waals surface area (Å²) in [6.07, 6.45) is 0.620. The maximum absolute atomic E-state index is 12.6. The second kappa shape index (κ2) is 8.74. The highest BCUT2D eigenvalue weighted by Gasteiger charge is 2.33. The molecule has 0 saturated carbocycles. The third-order valence-electron chi connectivity index (χ3n) is 4.58. The van der Waals surface area contributed by atoms with Crippen molar-refractivity contribution in [3.05, 3.63) is 35.4 Å². The van der Waals surface area contributed by atoms with Crippen LogP contribution in [0.1, 0.15) is 57.0 Å². The number of nitrogens with zero attached hydrogens (tertiary/aromatic N) is 2. The lowest BCUT2D eigenvalue weighted by Gasteiger charge is -2.42. The fourth-order valence-corrected chi connectivity index (χ4v) is 3.48. The van der Waals surface area contributed by atoms with E-state index in [0.717, 1.165) is 12.0 Å². The average molecular weight is 376 g/mol. The van der Waals surface area contributed by atoms with Crippen LogP contribution in [0.3, 0.4) is 0 Å². The molecule has 6 nitrogen and oxygen atoms in total. The van der Waals surface area contributed by atoms with Gasteiger partial charge >= 0.3 is 12.1 Å². The highest BCUT2D eigenvalue weighted by molar-refractivity contribution is 5.89. The van der Waals surface area contributed by atoms with Gasteiger partial charge < -0.3 is 14.7 Å². The van der Waals surface area contributed by atoms with Crippen LogP contribution in [-0.2, 0) is 11.3 Å². The minimum absolute atomic E-state index is 0.0607. The molecule has 0 spiro atoms. The third kappa shape index (κ3) is 6.24. The third-order valence-corrected chi connectivity index (χ3v) is 4.58. The summed E-state index contributed by atoms with van der Waals surface area (Å²) in [7, 11) is 0. The number of hydrogen-bond acceptors (Lipinski definition) is 4. The van der Waals surface area contributed by atoms with E-state index >= 15 is 0 Å². The first kappa shape index (κ1) is 21.2. The molecule has 0 radical (unpaired) electrons. The van der Waals surface area contributed by atoms with Gasteiger partial charge in [0.15, 0.2) is 0 Å². The number of aromatic carboxylic acids is 1. The number of ether oxygens (including phenoxy) is 1. The summed E-state index contributed by atoms with van der Waals surface area (Å²) in [5, 5.41) is 9.40. The standard InChI is InChI=1S/C21H32N2O4/c1-15(2)12-17-14-22(10-11-23(17)20(26)27-21(3,4)5)13-16-8-6-7-9-18(16)19(24)25/h6-9,15,17H,10-14H2,1-5H3,(H,24,25). The van der Waals surface area contributed by atoms with Crippen molar-refractivity contribution >= 4 is 12.1 Å². The van der Waals surface area contributed by atoms with E-state index in [1.165, 1.54) is 0 Å². The second-order valence-corrected chi connectivity index (χ2v) is 8.65. The van der Waals surface area contributed by atoms with Gasteiger partial charge in [-0.2, -0.15) is 0 Å². The van der Waals surface area contributed by atoms with Crippen molar-refractivity contribution < 1.29 is 19.4 Å². The Labute approximate surface area is 162 Å². The number of rotatable bonds is 5. The molecule has 1 aromatic carbocycles. The molecule has 1 fully saturated rings. The molecule has 1 aromatic rings. The molecule has 1 saturated heterocycles. The summed E-state index contributed by atoms with van der Waals surface area (Å²) < 4.78 is 5.58. The number of benzene rings is 1. The molecular weight excluding hydrogens is 344 g/mol. The Bertz CT molecular complexity index is 666. The van der Waals surface area contributed by atoms with Gasteiger partial charge in [-0.1, -0.05) is 32.0 Å². The highest BCUT2D eigenvalue weighted by Crippen LogP contribution is 2.22. The maximum atomic E-state index is 12.6. The summed E-state index contributed by atoms with van der Waals surface area (Å²) in [6.45, 7) is 12.5. The molecule has 0 aromatic heterocycles. The zero-order valence-electron chi connectivity index (χ0n) is 17.1. The molecule has 6 heteroatoms. The lowest BCUT2D eigenvalue weighted by molar-refractivity contribution is -0.00565. The van der Waals surface area contributed by atoms with Gasteiger partial charge in [-0.05, 0) is 44.7 Å².